The van der Waals surface area contributed by atoms with Crippen molar-refractivity contribution in [2.45, 2.75) is 38.0 Å². The number of halogens is 3. The van der Waals surface area contributed by atoms with E-state index in [1.807, 2.05) is 41.9 Å². The van der Waals surface area contributed by atoms with Crippen molar-refractivity contribution in [3.8, 4) is 11.1 Å². The van der Waals surface area contributed by atoms with Crippen LogP contribution in [0.15, 0.2) is 59.3 Å². The summed E-state index contributed by atoms with van der Waals surface area (Å²) in [5.74, 6) is 0. The van der Waals surface area contributed by atoms with E-state index in [4.69, 9.17) is 0 Å². The minimum absolute atomic E-state index is 0.0322. The number of amides is 3. The van der Waals surface area contributed by atoms with Crippen LogP contribution < -0.4 is 10.6 Å². The number of rotatable bonds is 7. The maximum atomic E-state index is 13.0. The number of alkyl halides is 3. The van der Waals surface area contributed by atoms with Gasteiger partial charge in [0, 0.05) is 17.3 Å². The lowest BCUT2D eigenvalue weighted by atomic mass is 10.00. The fraction of sp³-hybridized carbons (Fsp3) is 0.250. The molecule has 1 aromatic heterocycles. The van der Waals surface area contributed by atoms with E-state index in [1.54, 1.807) is 4.90 Å². The molecule has 1 saturated carbocycles. The first-order valence-corrected chi connectivity index (χ1v) is 11.3. The Morgan fingerprint density at radius 1 is 1.15 bits per heavy atom. The van der Waals surface area contributed by atoms with Gasteiger partial charge >= 0.3 is 12.2 Å². The molecule has 1 atom stereocenters. The largest absolute Gasteiger partial charge is 0.416 e. The van der Waals surface area contributed by atoms with Gasteiger partial charge in [-0.05, 0) is 72.0 Å². The summed E-state index contributed by atoms with van der Waals surface area (Å²) in [6, 6.07) is 11.4. The Hall–Kier alpha value is -3.33. The smallest absolute Gasteiger partial charge is 0.336 e. The molecule has 0 aliphatic heterocycles. The third-order valence-corrected chi connectivity index (χ3v) is 6.27. The second-order valence-electron chi connectivity index (χ2n) is 7.93. The predicted molar refractivity (Wildman–Crippen MR) is 123 cm³/mol. The third kappa shape index (κ3) is 5.36. The highest BCUT2D eigenvalue weighted by Gasteiger charge is 2.32. The number of carbonyl (C=O) groups is 2. The summed E-state index contributed by atoms with van der Waals surface area (Å²) < 4.78 is 38.9. The fourth-order valence-electron chi connectivity index (χ4n) is 3.69. The normalized spacial score (nSPS) is 14.4. The Morgan fingerprint density at radius 3 is 2.58 bits per heavy atom. The molecule has 5 nitrogen and oxygen atoms in total. The number of nitrogens with one attached hydrogen (secondary N) is 2. The molecule has 172 valence electrons. The molecular weight excluding hydrogens is 451 g/mol. The number of hydrogen-bond acceptors (Lipinski definition) is 3. The molecule has 0 bridgehead atoms. The number of benzene rings is 2. The Morgan fingerprint density at radius 2 is 1.94 bits per heavy atom. The summed E-state index contributed by atoms with van der Waals surface area (Å²) in [7, 11) is 0. The molecule has 2 aromatic carbocycles. The summed E-state index contributed by atoms with van der Waals surface area (Å²) in [5, 5.41) is 9.10. The van der Waals surface area contributed by atoms with Gasteiger partial charge in [-0.3, -0.25) is 4.79 Å². The van der Waals surface area contributed by atoms with Gasteiger partial charge in [0.1, 0.15) is 0 Å². The van der Waals surface area contributed by atoms with Crippen LogP contribution in [0.1, 0.15) is 36.9 Å². The molecule has 0 radical (unpaired) electrons. The standard InChI is InChI=1S/C24H22F3N3O2S/c1-15(30(14-31)20-6-7-20)16-5-8-21(17-9-10-33-13-17)22(11-16)29-23(32)28-19-4-2-3-18(12-19)24(25,26)27/h2-5,8-15,20H,6-7H2,1H3,(H2,28,29,32). The molecule has 0 spiro atoms. The van der Waals surface area contributed by atoms with E-state index in [1.165, 1.54) is 23.5 Å². The minimum atomic E-state index is -4.50. The van der Waals surface area contributed by atoms with Crippen molar-refractivity contribution in [1.82, 2.24) is 4.90 Å². The number of hydrogen-bond donors (Lipinski definition) is 2. The summed E-state index contributed by atoms with van der Waals surface area (Å²) >= 11 is 1.51. The average molecular weight is 474 g/mol. The van der Waals surface area contributed by atoms with E-state index >= 15 is 0 Å². The number of thiophene rings is 1. The van der Waals surface area contributed by atoms with Crippen LogP contribution in [0.2, 0.25) is 0 Å². The summed E-state index contributed by atoms with van der Waals surface area (Å²) in [6.07, 6.45) is -1.71. The lowest BCUT2D eigenvalue weighted by Gasteiger charge is -2.26. The highest BCUT2D eigenvalue weighted by Crippen LogP contribution is 2.37. The summed E-state index contributed by atoms with van der Waals surface area (Å²) in [4.78, 5) is 26.0. The van der Waals surface area contributed by atoms with Crippen LogP contribution in [-0.2, 0) is 11.0 Å². The maximum Gasteiger partial charge on any atom is 0.416 e. The van der Waals surface area contributed by atoms with Crippen molar-refractivity contribution in [3.63, 3.8) is 0 Å². The zero-order valence-corrected chi connectivity index (χ0v) is 18.5. The van der Waals surface area contributed by atoms with Gasteiger partial charge in [0.2, 0.25) is 6.41 Å². The van der Waals surface area contributed by atoms with Crippen LogP contribution in [0.4, 0.5) is 29.3 Å². The topological polar surface area (TPSA) is 61.4 Å². The number of anilines is 2. The van der Waals surface area contributed by atoms with Crippen LogP contribution in [0.5, 0.6) is 0 Å². The van der Waals surface area contributed by atoms with Crippen molar-refractivity contribution in [3.05, 3.63) is 70.4 Å². The SMILES string of the molecule is CC(c1ccc(-c2ccsc2)c(NC(=O)Nc2cccc(C(F)(F)F)c2)c1)N(C=O)C1CC1. The lowest BCUT2D eigenvalue weighted by Crippen LogP contribution is -2.28. The van der Waals surface area contributed by atoms with Crippen molar-refractivity contribution in [2.75, 3.05) is 10.6 Å². The van der Waals surface area contributed by atoms with E-state index in [9.17, 15) is 22.8 Å². The Balaban J connectivity index is 1.59. The van der Waals surface area contributed by atoms with Crippen LogP contribution in [0, 0.1) is 0 Å². The third-order valence-electron chi connectivity index (χ3n) is 5.59. The van der Waals surface area contributed by atoms with Crippen LogP contribution in [0.3, 0.4) is 0 Å². The molecule has 2 N–H and O–H groups in total. The van der Waals surface area contributed by atoms with Crippen molar-refractivity contribution >= 4 is 35.2 Å². The fourth-order valence-corrected chi connectivity index (χ4v) is 4.35. The second kappa shape index (κ2) is 9.27. The first-order valence-electron chi connectivity index (χ1n) is 10.4. The highest BCUT2D eigenvalue weighted by molar-refractivity contribution is 7.08. The first kappa shape index (κ1) is 22.8. The van der Waals surface area contributed by atoms with Gasteiger partial charge in [0.25, 0.3) is 0 Å². The zero-order valence-electron chi connectivity index (χ0n) is 17.7. The number of nitrogens with zero attached hydrogens (tertiary/aromatic N) is 1. The van der Waals surface area contributed by atoms with Crippen molar-refractivity contribution < 1.29 is 22.8 Å². The summed E-state index contributed by atoms with van der Waals surface area (Å²) in [5.41, 5.74) is 2.22. The first-order chi connectivity index (χ1) is 15.8. The molecular formula is C24H22F3N3O2S. The monoisotopic (exact) mass is 473 g/mol. The van der Waals surface area contributed by atoms with Gasteiger partial charge in [0.05, 0.1) is 17.3 Å². The van der Waals surface area contributed by atoms with Gasteiger partial charge in [-0.1, -0.05) is 18.2 Å². The van der Waals surface area contributed by atoms with Crippen LogP contribution in [-0.4, -0.2) is 23.4 Å². The van der Waals surface area contributed by atoms with Gasteiger partial charge in [0.15, 0.2) is 0 Å². The molecule has 1 aliphatic rings. The van der Waals surface area contributed by atoms with E-state index < -0.39 is 17.8 Å². The lowest BCUT2D eigenvalue weighted by molar-refractivity contribution is -0.137. The number of urea groups is 1. The molecule has 0 saturated heterocycles. The van der Waals surface area contributed by atoms with Crippen molar-refractivity contribution in [2.24, 2.45) is 0 Å². The average Bonchev–Trinajstić information content (AvgIpc) is 3.46. The van der Waals surface area contributed by atoms with Gasteiger partial charge < -0.3 is 15.5 Å². The zero-order chi connectivity index (χ0) is 23.6. The molecule has 33 heavy (non-hydrogen) atoms. The van der Waals surface area contributed by atoms with Gasteiger partial charge in [-0.15, -0.1) is 0 Å². The Labute approximate surface area is 193 Å². The molecule has 1 unspecified atom stereocenters. The van der Waals surface area contributed by atoms with Crippen LogP contribution >= 0.6 is 11.3 Å². The molecule has 1 fully saturated rings. The molecule has 1 aliphatic carbocycles. The van der Waals surface area contributed by atoms with E-state index in [0.29, 0.717) is 5.69 Å². The van der Waals surface area contributed by atoms with E-state index in [-0.39, 0.29) is 17.8 Å². The number of carbonyl (C=O) groups excluding carboxylic acids is 2. The van der Waals surface area contributed by atoms with Gasteiger partial charge in [-0.2, -0.15) is 24.5 Å². The molecule has 4 rings (SSSR count). The van der Waals surface area contributed by atoms with E-state index in [2.05, 4.69) is 10.6 Å². The molecule has 1 heterocycles. The Bertz CT molecular complexity index is 1140. The molecule has 3 aromatic rings. The maximum absolute atomic E-state index is 13.0. The second-order valence-corrected chi connectivity index (χ2v) is 8.71. The minimum Gasteiger partial charge on any atom is -0.336 e. The van der Waals surface area contributed by atoms with Gasteiger partial charge in [-0.25, -0.2) is 4.79 Å². The predicted octanol–water partition coefficient (Wildman–Crippen LogP) is 6.76. The quantitative estimate of drug-likeness (QED) is 0.373. The van der Waals surface area contributed by atoms with E-state index in [0.717, 1.165) is 48.1 Å². The highest BCUT2D eigenvalue weighted by atomic mass is 32.1. The molecule has 3 amide bonds. The van der Waals surface area contributed by atoms with Crippen molar-refractivity contribution in [1.29, 1.82) is 0 Å². The van der Waals surface area contributed by atoms with Crippen LogP contribution in [0.25, 0.3) is 11.1 Å². The summed E-state index contributed by atoms with van der Waals surface area (Å²) in [6.45, 7) is 1.93. The molecule has 9 heteroatoms. The Kier molecular flexibility index (Phi) is 6.42.